The van der Waals surface area contributed by atoms with Crippen LogP contribution in [-0.2, 0) is 17.9 Å². The molecular formula is C10H16FNO2. The molecule has 0 atom stereocenters. The summed E-state index contributed by atoms with van der Waals surface area (Å²) in [6.45, 7) is 1.53. The number of halogens is 1. The Labute approximate surface area is 83.2 Å². The van der Waals surface area contributed by atoms with Gasteiger partial charge in [0.1, 0.15) is 18.1 Å². The monoisotopic (exact) mass is 201 g/mol. The first-order valence-corrected chi connectivity index (χ1v) is 4.70. The minimum Gasteiger partial charge on any atom is -0.462 e. The standard InChI is InChI=1S/C10H16FNO2/c1-13-8-10-4-3-9(14-10)7-12-6-2-5-11/h3-4,12H,2,5-8H2,1H3. The Hall–Kier alpha value is -0.870. The Kier molecular flexibility index (Phi) is 5.25. The van der Waals surface area contributed by atoms with Crippen LogP contribution >= 0.6 is 0 Å². The Bertz CT molecular complexity index is 250. The highest BCUT2D eigenvalue weighted by molar-refractivity contribution is 5.06. The third-order valence-electron chi connectivity index (χ3n) is 1.79. The fourth-order valence-corrected chi connectivity index (χ4v) is 1.14. The van der Waals surface area contributed by atoms with E-state index in [4.69, 9.17) is 9.15 Å². The van der Waals surface area contributed by atoms with Crippen molar-refractivity contribution in [2.45, 2.75) is 19.6 Å². The first kappa shape index (κ1) is 11.2. The molecule has 0 fully saturated rings. The van der Waals surface area contributed by atoms with Crippen molar-refractivity contribution in [3.63, 3.8) is 0 Å². The van der Waals surface area contributed by atoms with Crippen molar-refractivity contribution in [1.29, 1.82) is 0 Å². The summed E-state index contributed by atoms with van der Waals surface area (Å²) in [4.78, 5) is 0. The zero-order chi connectivity index (χ0) is 10.2. The van der Waals surface area contributed by atoms with Gasteiger partial charge in [0.05, 0.1) is 13.2 Å². The minimum absolute atomic E-state index is 0.278. The second kappa shape index (κ2) is 6.56. The third-order valence-corrected chi connectivity index (χ3v) is 1.79. The van der Waals surface area contributed by atoms with Crippen molar-refractivity contribution in [2.24, 2.45) is 0 Å². The van der Waals surface area contributed by atoms with Crippen molar-refractivity contribution in [1.82, 2.24) is 5.32 Å². The molecule has 0 unspecified atom stereocenters. The highest BCUT2D eigenvalue weighted by Crippen LogP contribution is 2.08. The molecule has 0 radical (unpaired) electrons. The minimum atomic E-state index is -0.278. The van der Waals surface area contributed by atoms with Gasteiger partial charge in [-0.25, -0.2) is 0 Å². The summed E-state index contributed by atoms with van der Waals surface area (Å²) in [5.74, 6) is 1.67. The van der Waals surface area contributed by atoms with Gasteiger partial charge in [-0.05, 0) is 25.1 Å². The molecule has 3 nitrogen and oxygen atoms in total. The zero-order valence-electron chi connectivity index (χ0n) is 8.38. The predicted molar refractivity (Wildman–Crippen MR) is 51.7 cm³/mol. The molecule has 1 aromatic rings. The van der Waals surface area contributed by atoms with Gasteiger partial charge in [-0.3, -0.25) is 4.39 Å². The van der Waals surface area contributed by atoms with Crippen molar-refractivity contribution in [3.8, 4) is 0 Å². The second-order valence-corrected chi connectivity index (χ2v) is 3.02. The van der Waals surface area contributed by atoms with Gasteiger partial charge in [0.25, 0.3) is 0 Å². The molecular weight excluding hydrogens is 185 g/mol. The molecule has 1 N–H and O–H groups in total. The molecule has 0 aliphatic heterocycles. The molecule has 0 saturated heterocycles. The molecule has 0 aliphatic rings. The molecule has 80 valence electrons. The maximum atomic E-state index is 11.7. The molecule has 4 heteroatoms. The topological polar surface area (TPSA) is 34.4 Å². The van der Waals surface area contributed by atoms with Crippen LogP contribution in [0.15, 0.2) is 16.5 Å². The van der Waals surface area contributed by atoms with E-state index in [9.17, 15) is 4.39 Å². The molecule has 1 rings (SSSR count). The van der Waals surface area contributed by atoms with Crippen LogP contribution in [0, 0.1) is 0 Å². The van der Waals surface area contributed by atoms with Crippen LogP contribution in [0.4, 0.5) is 4.39 Å². The van der Waals surface area contributed by atoms with Gasteiger partial charge in [-0.1, -0.05) is 0 Å². The summed E-state index contributed by atoms with van der Waals surface area (Å²) in [5.41, 5.74) is 0. The fourth-order valence-electron chi connectivity index (χ4n) is 1.14. The first-order valence-electron chi connectivity index (χ1n) is 4.70. The first-order chi connectivity index (χ1) is 6.86. The maximum absolute atomic E-state index is 11.7. The van der Waals surface area contributed by atoms with Crippen molar-refractivity contribution < 1.29 is 13.5 Å². The van der Waals surface area contributed by atoms with E-state index in [-0.39, 0.29) is 6.67 Å². The lowest BCUT2D eigenvalue weighted by molar-refractivity contribution is 0.162. The van der Waals surface area contributed by atoms with Crippen molar-refractivity contribution in [3.05, 3.63) is 23.7 Å². The van der Waals surface area contributed by atoms with E-state index >= 15 is 0 Å². The number of furan rings is 1. The van der Waals surface area contributed by atoms with Crippen LogP contribution in [-0.4, -0.2) is 20.3 Å². The van der Waals surface area contributed by atoms with E-state index < -0.39 is 0 Å². The number of ether oxygens (including phenoxy) is 1. The Morgan fingerprint density at radius 2 is 2.21 bits per heavy atom. The Morgan fingerprint density at radius 1 is 1.43 bits per heavy atom. The molecule has 0 bridgehead atoms. The molecule has 0 aliphatic carbocycles. The second-order valence-electron chi connectivity index (χ2n) is 3.02. The van der Waals surface area contributed by atoms with Crippen molar-refractivity contribution >= 4 is 0 Å². The van der Waals surface area contributed by atoms with E-state index in [2.05, 4.69) is 5.32 Å². The largest absolute Gasteiger partial charge is 0.462 e. The molecule has 0 saturated carbocycles. The average molecular weight is 201 g/mol. The molecule has 0 spiro atoms. The molecule has 14 heavy (non-hydrogen) atoms. The summed E-state index contributed by atoms with van der Waals surface area (Å²) < 4.78 is 22.1. The molecule has 0 amide bonds. The van der Waals surface area contributed by atoms with Crippen LogP contribution in [0.1, 0.15) is 17.9 Å². The van der Waals surface area contributed by atoms with E-state index in [0.29, 0.717) is 26.1 Å². The zero-order valence-corrected chi connectivity index (χ0v) is 8.38. The van der Waals surface area contributed by atoms with E-state index in [0.717, 1.165) is 11.5 Å². The fraction of sp³-hybridized carbons (Fsp3) is 0.600. The number of methoxy groups -OCH3 is 1. The highest BCUT2D eigenvalue weighted by Gasteiger charge is 2.00. The molecule has 1 heterocycles. The normalized spacial score (nSPS) is 10.7. The van der Waals surface area contributed by atoms with Gasteiger partial charge in [-0.2, -0.15) is 0 Å². The lowest BCUT2D eigenvalue weighted by atomic mass is 10.4. The summed E-state index contributed by atoms with van der Waals surface area (Å²) in [6, 6.07) is 3.78. The van der Waals surface area contributed by atoms with Crippen LogP contribution in [0.5, 0.6) is 0 Å². The van der Waals surface area contributed by atoms with Crippen molar-refractivity contribution in [2.75, 3.05) is 20.3 Å². The summed E-state index contributed by atoms with van der Waals surface area (Å²) in [6.07, 6.45) is 0.547. The lowest BCUT2D eigenvalue weighted by Gasteiger charge is -1.99. The quantitative estimate of drug-likeness (QED) is 0.684. The van der Waals surface area contributed by atoms with Gasteiger partial charge in [-0.15, -0.1) is 0 Å². The highest BCUT2D eigenvalue weighted by atomic mass is 19.1. The SMILES string of the molecule is COCc1ccc(CNCCCF)o1. The summed E-state index contributed by atoms with van der Waals surface area (Å²) >= 11 is 0. The number of hydrogen-bond acceptors (Lipinski definition) is 3. The van der Waals surface area contributed by atoms with Gasteiger partial charge in [0, 0.05) is 7.11 Å². The van der Waals surface area contributed by atoms with Crippen LogP contribution in [0.25, 0.3) is 0 Å². The van der Waals surface area contributed by atoms with Gasteiger partial charge in [0.2, 0.25) is 0 Å². The van der Waals surface area contributed by atoms with Gasteiger partial charge < -0.3 is 14.5 Å². The van der Waals surface area contributed by atoms with Gasteiger partial charge in [0.15, 0.2) is 0 Å². The summed E-state index contributed by atoms with van der Waals surface area (Å²) in [5, 5.41) is 3.08. The smallest absolute Gasteiger partial charge is 0.129 e. The van der Waals surface area contributed by atoms with Crippen LogP contribution in [0.2, 0.25) is 0 Å². The van der Waals surface area contributed by atoms with E-state index in [1.165, 1.54) is 0 Å². The van der Waals surface area contributed by atoms with E-state index in [1.807, 2.05) is 12.1 Å². The number of rotatable bonds is 7. The molecule has 0 aromatic carbocycles. The van der Waals surface area contributed by atoms with Gasteiger partial charge >= 0.3 is 0 Å². The maximum Gasteiger partial charge on any atom is 0.129 e. The predicted octanol–water partition coefficient (Wildman–Crippen LogP) is 1.88. The summed E-state index contributed by atoms with van der Waals surface area (Å²) in [7, 11) is 1.63. The third kappa shape index (κ3) is 3.89. The number of alkyl halides is 1. The Morgan fingerprint density at radius 3 is 2.93 bits per heavy atom. The Balaban J connectivity index is 2.22. The lowest BCUT2D eigenvalue weighted by Crippen LogP contribution is -2.14. The van der Waals surface area contributed by atoms with Crippen LogP contribution in [0.3, 0.4) is 0 Å². The number of hydrogen-bond donors (Lipinski definition) is 1. The average Bonchev–Trinajstić information content (AvgIpc) is 2.61. The number of nitrogens with one attached hydrogen (secondary N) is 1. The molecule has 1 aromatic heterocycles. The van der Waals surface area contributed by atoms with E-state index in [1.54, 1.807) is 7.11 Å². The van der Waals surface area contributed by atoms with Crippen LogP contribution < -0.4 is 5.32 Å².